The number of hydrogen-bond acceptors (Lipinski definition) is 2. The molecule has 0 saturated carbocycles. The molecule has 5 heteroatoms. The number of piperidine rings is 1. The Labute approximate surface area is 163 Å². The molecule has 27 heavy (non-hydrogen) atoms. The molecule has 0 amide bonds. The molecule has 0 aliphatic carbocycles. The summed E-state index contributed by atoms with van der Waals surface area (Å²) in [6.07, 6.45) is 9.83. The van der Waals surface area contributed by atoms with Crippen molar-refractivity contribution in [3.63, 3.8) is 0 Å². The van der Waals surface area contributed by atoms with Crippen molar-refractivity contribution in [2.75, 3.05) is 26.2 Å². The molecule has 1 fully saturated rings. The van der Waals surface area contributed by atoms with Crippen LogP contribution in [0.2, 0.25) is 0 Å². The van der Waals surface area contributed by atoms with Crippen molar-refractivity contribution in [3.05, 3.63) is 53.9 Å². The highest BCUT2D eigenvalue weighted by Crippen LogP contribution is 2.21. The number of hydrogen-bond donors (Lipinski definition) is 1. The summed E-state index contributed by atoms with van der Waals surface area (Å²) in [5, 5.41) is 7.71. The third-order valence-electron chi connectivity index (χ3n) is 5.26. The third-order valence-corrected chi connectivity index (χ3v) is 5.26. The lowest BCUT2D eigenvalue weighted by atomic mass is 9.90. The molecule has 0 spiro atoms. The lowest BCUT2D eigenvalue weighted by Crippen LogP contribution is -2.46. The quantitative estimate of drug-likeness (QED) is 0.464. The smallest absolute Gasteiger partial charge is 0.193 e. The normalized spacial score (nSPS) is 15.9. The maximum absolute atomic E-state index is 4.87. The number of aliphatic imine (C=N–C) groups is 1. The van der Waals surface area contributed by atoms with Gasteiger partial charge in [-0.2, -0.15) is 5.10 Å². The standard InChI is InChI=1S/C22H33N5/c1-3-23-22(24-13-7-10-21-17-25-26(2)18-21)27-14-11-20(12-15-27)16-19-8-5-4-6-9-19/h4-6,8-9,17-18,20H,3,7,10-16H2,1-2H3,(H,23,24). The summed E-state index contributed by atoms with van der Waals surface area (Å²) in [6.45, 7) is 6.14. The first kappa shape index (κ1) is 19.5. The number of likely N-dealkylation sites (tertiary alicyclic amines) is 1. The summed E-state index contributed by atoms with van der Waals surface area (Å²) in [6, 6.07) is 10.9. The molecular formula is C22H33N5. The zero-order valence-electron chi connectivity index (χ0n) is 16.8. The van der Waals surface area contributed by atoms with Crippen LogP contribution in [0, 0.1) is 5.92 Å². The van der Waals surface area contributed by atoms with Crippen molar-refractivity contribution < 1.29 is 0 Å². The Kier molecular flexibility index (Phi) is 7.31. The van der Waals surface area contributed by atoms with Gasteiger partial charge in [-0.05, 0) is 56.1 Å². The maximum atomic E-state index is 4.87. The summed E-state index contributed by atoms with van der Waals surface area (Å²) in [7, 11) is 1.96. The highest BCUT2D eigenvalue weighted by molar-refractivity contribution is 5.80. The number of nitrogens with zero attached hydrogens (tertiary/aromatic N) is 4. The van der Waals surface area contributed by atoms with Gasteiger partial charge in [0.2, 0.25) is 0 Å². The molecule has 0 bridgehead atoms. The molecule has 1 N–H and O–H groups in total. The lowest BCUT2D eigenvalue weighted by Gasteiger charge is -2.34. The van der Waals surface area contributed by atoms with Crippen molar-refractivity contribution >= 4 is 5.96 Å². The molecule has 146 valence electrons. The first-order chi connectivity index (χ1) is 13.2. The van der Waals surface area contributed by atoms with Crippen molar-refractivity contribution in [1.29, 1.82) is 0 Å². The Hall–Kier alpha value is -2.30. The highest BCUT2D eigenvalue weighted by atomic mass is 15.3. The second kappa shape index (κ2) is 10.1. The van der Waals surface area contributed by atoms with Crippen LogP contribution in [0.3, 0.4) is 0 Å². The van der Waals surface area contributed by atoms with Gasteiger partial charge in [-0.1, -0.05) is 30.3 Å². The summed E-state index contributed by atoms with van der Waals surface area (Å²) in [5.74, 6) is 1.87. The Morgan fingerprint density at radius 1 is 1.19 bits per heavy atom. The van der Waals surface area contributed by atoms with Gasteiger partial charge in [-0.25, -0.2) is 0 Å². The van der Waals surface area contributed by atoms with E-state index in [1.807, 2.05) is 17.9 Å². The third kappa shape index (κ3) is 6.12. The Balaban J connectivity index is 1.45. The van der Waals surface area contributed by atoms with E-state index in [1.165, 1.54) is 30.4 Å². The van der Waals surface area contributed by atoms with Gasteiger partial charge in [0.05, 0.1) is 6.20 Å². The molecule has 2 heterocycles. The summed E-state index contributed by atoms with van der Waals surface area (Å²) in [5.41, 5.74) is 2.76. The van der Waals surface area contributed by atoms with Gasteiger partial charge in [0.1, 0.15) is 0 Å². The topological polar surface area (TPSA) is 45.5 Å². The van der Waals surface area contributed by atoms with E-state index >= 15 is 0 Å². The molecule has 1 aromatic heterocycles. The fourth-order valence-corrected chi connectivity index (χ4v) is 3.79. The van der Waals surface area contributed by atoms with Crippen molar-refractivity contribution in [3.8, 4) is 0 Å². The van der Waals surface area contributed by atoms with E-state index in [9.17, 15) is 0 Å². The summed E-state index contributed by atoms with van der Waals surface area (Å²) < 4.78 is 1.86. The molecule has 1 saturated heterocycles. The maximum Gasteiger partial charge on any atom is 0.193 e. The summed E-state index contributed by atoms with van der Waals surface area (Å²) >= 11 is 0. The second-order valence-electron chi connectivity index (χ2n) is 7.48. The second-order valence-corrected chi connectivity index (χ2v) is 7.48. The van der Waals surface area contributed by atoms with E-state index < -0.39 is 0 Å². The first-order valence-corrected chi connectivity index (χ1v) is 10.3. The van der Waals surface area contributed by atoms with Gasteiger partial charge in [0, 0.05) is 39.4 Å². The zero-order valence-corrected chi connectivity index (χ0v) is 16.8. The van der Waals surface area contributed by atoms with Crippen LogP contribution in [0.1, 0.15) is 37.3 Å². The zero-order chi connectivity index (χ0) is 18.9. The number of benzene rings is 1. The molecule has 0 radical (unpaired) electrons. The van der Waals surface area contributed by atoms with Gasteiger partial charge >= 0.3 is 0 Å². The molecule has 3 rings (SSSR count). The van der Waals surface area contributed by atoms with Gasteiger partial charge in [0.25, 0.3) is 0 Å². The molecule has 1 aliphatic heterocycles. The Morgan fingerprint density at radius 3 is 2.63 bits per heavy atom. The Morgan fingerprint density at radius 2 is 1.96 bits per heavy atom. The van der Waals surface area contributed by atoms with Gasteiger partial charge < -0.3 is 10.2 Å². The predicted molar refractivity (Wildman–Crippen MR) is 112 cm³/mol. The minimum atomic E-state index is 0.789. The van der Waals surface area contributed by atoms with E-state index in [4.69, 9.17) is 4.99 Å². The van der Waals surface area contributed by atoms with Crippen LogP contribution in [-0.2, 0) is 19.9 Å². The van der Waals surface area contributed by atoms with Gasteiger partial charge in [0.15, 0.2) is 5.96 Å². The average Bonchev–Trinajstić information content (AvgIpc) is 3.11. The molecular weight excluding hydrogens is 334 g/mol. The largest absolute Gasteiger partial charge is 0.357 e. The number of aromatic nitrogens is 2. The molecule has 5 nitrogen and oxygen atoms in total. The minimum Gasteiger partial charge on any atom is -0.357 e. The highest BCUT2D eigenvalue weighted by Gasteiger charge is 2.21. The molecule has 0 unspecified atom stereocenters. The first-order valence-electron chi connectivity index (χ1n) is 10.3. The van der Waals surface area contributed by atoms with Crippen LogP contribution in [0.5, 0.6) is 0 Å². The fourth-order valence-electron chi connectivity index (χ4n) is 3.79. The van der Waals surface area contributed by atoms with Crippen LogP contribution in [0.25, 0.3) is 0 Å². The van der Waals surface area contributed by atoms with Crippen LogP contribution in [0.15, 0.2) is 47.7 Å². The van der Waals surface area contributed by atoms with Crippen LogP contribution >= 0.6 is 0 Å². The molecule has 1 aliphatic rings. The number of rotatable bonds is 7. The molecule has 1 aromatic carbocycles. The van der Waals surface area contributed by atoms with Gasteiger partial charge in [-0.15, -0.1) is 0 Å². The van der Waals surface area contributed by atoms with E-state index in [-0.39, 0.29) is 0 Å². The summed E-state index contributed by atoms with van der Waals surface area (Å²) in [4.78, 5) is 7.31. The number of aryl methyl sites for hydroxylation is 2. The predicted octanol–water partition coefficient (Wildman–Crippen LogP) is 3.27. The van der Waals surface area contributed by atoms with Crippen LogP contribution < -0.4 is 5.32 Å². The number of nitrogens with one attached hydrogen (secondary N) is 1. The van der Waals surface area contributed by atoms with Gasteiger partial charge in [-0.3, -0.25) is 9.67 Å². The Bertz CT molecular complexity index is 699. The van der Waals surface area contributed by atoms with Crippen LogP contribution in [-0.4, -0.2) is 46.8 Å². The van der Waals surface area contributed by atoms with Crippen molar-refractivity contribution in [2.24, 2.45) is 18.0 Å². The minimum absolute atomic E-state index is 0.789. The number of guanidine groups is 1. The fraction of sp³-hybridized carbons (Fsp3) is 0.545. The van der Waals surface area contributed by atoms with Crippen LogP contribution in [0.4, 0.5) is 0 Å². The van der Waals surface area contributed by atoms with E-state index in [0.29, 0.717) is 0 Å². The monoisotopic (exact) mass is 367 g/mol. The van der Waals surface area contributed by atoms with E-state index in [1.54, 1.807) is 0 Å². The lowest BCUT2D eigenvalue weighted by molar-refractivity contribution is 0.259. The SMILES string of the molecule is CCNC(=NCCCc1cnn(C)c1)N1CCC(Cc2ccccc2)CC1. The van der Waals surface area contributed by atoms with Crippen molar-refractivity contribution in [2.45, 2.75) is 39.0 Å². The molecule has 2 aromatic rings. The molecule has 0 atom stereocenters. The van der Waals surface area contributed by atoms with Crippen molar-refractivity contribution in [1.82, 2.24) is 20.0 Å². The van der Waals surface area contributed by atoms with E-state index in [2.05, 4.69) is 58.8 Å². The average molecular weight is 368 g/mol. The van der Waals surface area contributed by atoms with E-state index in [0.717, 1.165) is 50.9 Å².